The summed E-state index contributed by atoms with van der Waals surface area (Å²) in [5, 5.41) is 9.81. The van der Waals surface area contributed by atoms with Crippen LogP contribution in [0.15, 0.2) is 67.3 Å². The maximum atomic E-state index is 9.81. The summed E-state index contributed by atoms with van der Waals surface area (Å²) >= 11 is 0. The largest absolute Gasteiger partial charge is 0.489 e. The van der Waals surface area contributed by atoms with Crippen LogP contribution in [0.4, 0.5) is 0 Å². The Bertz CT molecular complexity index is 506. The van der Waals surface area contributed by atoms with Gasteiger partial charge in [-0.2, -0.15) is 0 Å². The molecule has 0 aliphatic heterocycles. The van der Waals surface area contributed by atoms with Crippen LogP contribution in [0, 0.1) is 0 Å². The number of ether oxygens (including phenoxy) is 1. The number of benzene rings is 2. The number of rotatable bonds is 5. The van der Waals surface area contributed by atoms with Crippen molar-refractivity contribution in [3.8, 4) is 5.75 Å². The lowest BCUT2D eigenvalue weighted by Gasteiger charge is -2.13. The molecular weight excluding hydrogens is 224 g/mol. The third kappa shape index (κ3) is 2.99. The Kier molecular flexibility index (Phi) is 4.15. The molecule has 0 bridgehead atoms. The van der Waals surface area contributed by atoms with E-state index in [0.29, 0.717) is 12.4 Å². The fourth-order valence-corrected chi connectivity index (χ4v) is 1.72. The van der Waals surface area contributed by atoms with Crippen molar-refractivity contribution in [2.45, 2.75) is 12.7 Å². The first kappa shape index (κ1) is 12.4. The lowest BCUT2D eigenvalue weighted by atomic mass is 10.1. The predicted octanol–water partition coefficient (Wildman–Crippen LogP) is 3.49. The van der Waals surface area contributed by atoms with Gasteiger partial charge in [-0.15, -0.1) is 6.58 Å². The van der Waals surface area contributed by atoms with Gasteiger partial charge in [-0.25, -0.2) is 0 Å². The molecule has 2 rings (SSSR count). The van der Waals surface area contributed by atoms with Crippen molar-refractivity contribution in [3.63, 3.8) is 0 Å². The Morgan fingerprint density at radius 1 is 1.06 bits per heavy atom. The number of aliphatic hydroxyl groups excluding tert-OH is 1. The van der Waals surface area contributed by atoms with Gasteiger partial charge < -0.3 is 9.84 Å². The Morgan fingerprint density at radius 3 is 2.44 bits per heavy atom. The van der Waals surface area contributed by atoms with Crippen LogP contribution in [-0.2, 0) is 6.61 Å². The molecule has 2 aromatic rings. The highest BCUT2D eigenvalue weighted by molar-refractivity contribution is 5.36. The van der Waals surface area contributed by atoms with Crippen LogP contribution < -0.4 is 4.74 Å². The van der Waals surface area contributed by atoms with Crippen molar-refractivity contribution in [2.24, 2.45) is 0 Å². The molecule has 92 valence electrons. The van der Waals surface area contributed by atoms with E-state index in [1.165, 1.54) is 6.08 Å². The van der Waals surface area contributed by atoms with E-state index in [-0.39, 0.29) is 0 Å². The van der Waals surface area contributed by atoms with E-state index in [1.807, 2.05) is 54.6 Å². The zero-order valence-corrected chi connectivity index (χ0v) is 10.1. The highest BCUT2D eigenvalue weighted by atomic mass is 16.5. The van der Waals surface area contributed by atoms with E-state index in [0.717, 1.165) is 11.1 Å². The summed E-state index contributed by atoms with van der Waals surface area (Å²) in [6, 6.07) is 17.4. The van der Waals surface area contributed by atoms with Crippen molar-refractivity contribution >= 4 is 0 Å². The maximum absolute atomic E-state index is 9.81. The van der Waals surface area contributed by atoms with E-state index in [2.05, 4.69) is 6.58 Å². The van der Waals surface area contributed by atoms with Gasteiger partial charge in [-0.05, 0) is 11.6 Å². The maximum Gasteiger partial charge on any atom is 0.125 e. The van der Waals surface area contributed by atoms with Crippen molar-refractivity contribution < 1.29 is 9.84 Å². The standard InChI is InChI=1S/C16H16O2/c1-2-15(17)14-10-6-7-11-16(14)18-12-13-8-4-3-5-9-13/h2-11,15,17H,1,12H2. The Labute approximate surface area is 107 Å². The zero-order valence-electron chi connectivity index (χ0n) is 10.1. The Balaban J connectivity index is 2.12. The van der Waals surface area contributed by atoms with E-state index in [4.69, 9.17) is 4.74 Å². The van der Waals surface area contributed by atoms with Crippen LogP contribution in [0.3, 0.4) is 0 Å². The van der Waals surface area contributed by atoms with E-state index < -0.39 is 6.10 Å². The molecule has 2 heteroatoms. The number of para-hydroxylation sites is 1. The summed E-state index contributed by atoms with van der Waals surface area (Å²) in [4.78, 5) is 0. The molecule has 1 N–H and O–H groups in total. The fraction of sp³-hybridized carbons (Fsp3) is 0.125. The van der Waals surface area contributed by atoms with Gasteiger partial charge in [0.2, 0.25) is 0 Å². The molecule has 0 saturated carbocycles. The third-order valence-electron chi connectivity index (χ3n) is 2.70. The molecule has 0 saturated heterocycles. The van der Waals surface area contributed by atoms with Crippen LogP contribution in [-0.4, -0.2) is 5.11 Å². The molecule has 0 aliphatic carbocycles. The SMILES string of the molecule is C=CC(O)c1ccccc1OCc1ccccc1. The molecule has 0 fully saturated rings. The minimum Gasteiger partial charge on any atom is -0.489 e. The molecule has 0 aromatic heterocycles. The number of hydrogen-bond donors (Lipinski definition) is 1. The summed E-state index contributed by atoms with van der Waals surface area (Å²) in [5.74, 6) is 0.689. The first-order chi connectivity index (χ1) is 8.81. The van der Waals surface area contributed by atoms with E-state index in [1.54, 1.807) is 0 Å². The van der Waals surface area contributed by atoms with Crippen LogP contribution in [0.1, 0.15) is 17.2 Å². The Morgan fingerprint density at radius 2 is 1.72 bits per heavy atom. The second-order valence-corrected chi connectivity index (χ2v) is 3.99. The number of aliphatic hydroxyl groups is 1. The fourth-order valence-electron chi connectivity index (χ4n) is 1.72. The van der Waals surface area contributed by atoms with Gasteiger partial charge in [0.25, 0.3) is 0 Å². The van der Waals surface area contributed by atoms with Gasteiger partial charge in [-0.3, -0.25) is 0 Å². The van der Waals surface area contributed by atoms with Gasteiger partial charge in [0, 0.05) is 5.56 Å². The van der Waals surface area contributed by atoms with Gasteiger partial charge in [0.1, 0.15) is 18.5 Å². The zero-order chi connectivity index (χ0) is 12.8. The van der Waals surface area contributed by atoms with Gasteiger partial charge >= 0.3 is 0 Å². The highest BCUT2D eigenvalue weighted by Gasteiger charge is 2.09. The first-order valence-electron chi connectivity index (χ1n) is 5.87. The van der Waals surface area contributed by atoms with Crippen molar-refractivity contribution in [1.82, 2.24) is 0 Å². The average molecular weight is 240 g/mol. The van der Waals surface area contributed by atoms with Crippen LogP contribution in [0.5, 0.6) is 5.75 Å². The molecule has 1 atom stereocenters. The second-order valence-electron chi connectivity index (χ2n) is 3.99. The normalized spacial score (nSPS) is 11.8. The second kappa shape index (κ2) is 6.03. The highest BCUT2D eigenvalue weighted by Crippen LogP contribution is 2.26. The smallest absolute Gasteiger partial charge is 0.125 e. The molecule has 0 amide bonds. The van der Waals surface area contributed by atoms with E-state index >= 15 is 0 Å². The summed E-state index contributed by atoms with van der Waals surface area (Å²) in [6.07, 6.45) is 0.794. The molecule has 0 spiro atoms. The third-order valence-corrected chi connectivity index (χ3v) is 2.70. The van der Waals surface area contributed by atoms with Crippen LogP contribution in [0.25, 0.3) is 0 Å². The van der Waals surface area contributed by atoms with Crippen LogP contribution >= 0.6 is 0 Å². The molecular formula is C16H16O2. The van der Waals surface area contributed by atoms with Crippen LogP contribution in [0.2, 0.25) is 0 Å². The quantitative estimate of drug-likeness (QED) is 0.811. The lowest BCUT2D eigenvalue weighted by Crippen LogP contribution is -2.01. The average Bonchev–Trinajstić information content (AvgIpc) is 2.45. The minimum absolute atomic E-state index is 0.488. The van der Waals surface area contributed by atoms with Crippen molar-refractivity contribution in [3.05, 3.63) is 78.4 Å². The van der Waals surface area contributed by atoms with Gasteiger partial charge in [-0.1, -0.05) is 54.6 Å². The topological polar surface area (TPSA) is 29.5 Å². The molecule has 0 heterocycles. The van der Waals surface area contributed by atoms with Crippen molar-refractivity contribution in [1.29, 1.82) is 0 Å². The molecule has 18 heavy (non-hydrogen) atoms. The molecule has 0 radical (unpaired) electrons. The van der Waals surface area contributed by atoms with Crippen molar-refractivity contribution in [2.75, 3.05) is 0 Å². The molecule has 2 aromatic carbocycles. The summed E-state index contributed by atoms with van der Waals surface area (Å²) in [7, 11) is 0. The van der Waals surface area contributed by atoms with Gasteiger partial charge in [0.15, 0.2) is 0 Å². The number of hydrogen-bond acceptors (Lipinski definition) is 2. The monoisotopic (exact) mass is 240 g/mol. The summed E-state index contributed by atoms with van der Waals surface area (Å²) in [6.45, 7) is 4.08. The predicted molar refractivity (Wildman–Crippen MR) is 72.4 cm³/mol. The summed E-state index contributed by atoms with van der Waals surface area (Å²) < 4.78 is 5.74. The molecule has 2 nitrogen and oxygen atoms in total. The summed E-state index contributed by atoms with van der Waals surface area (Å²) in [5.41, 5.74) is 1.84. The Hall–Kier alpha value is -2.06. The van der Waals surface area contributed by atoms with E-state index in [9.17, 15) is 5.11 Å². The lowest BCUT2D eigenvalue weighted by molar-refractivity contribution is 0.217. The molecule has 1 unspecified atom stereocenters. The molecule has 0 aliphatic rings. The minimum atomic E-state index is -0.697. The first-order valence-corrected chi connectivity index (χ1v) is 5.87. The van der Waals surface area contributed by atoms with Gasteiger partial charge in [0.05, 0.1) is 0 Å².